The zero-order valence-corrected chi connectivity index (χ0v) is 9.67. The minimum absolute atomic E-state index is 0.00600. The average molecular weight is 240 g/mol. The van der Waals surface area contributed by atoms with Gasteiger partial charge in [0.2, 0.25) is 0 Å². The van der Waals surface area contributed by atoms with Crippen LogP contribution < -0.4 is 4.90 Å². The lowest BCUT2D eigenvalue weighted by molar-refractivity contribution is -0.384. The third-order valence-electron chi connectivity index (χ3n) is 2.50. The smallest absolute Gasteiger partial charge is 0.269 e. The quantitative estimate of drug-likeness (QED) is 0.560. The maximum Gasteiger partial charge on any atom is 0.269 e. The summed E-state index contributed by atoms with van der Waals surface area (Å²) in [4.78, 5) is 12.0. The lowest BCUT2D eigenvalue weighted by Gasteiger charge is -2.21. The monoisotopic (exact) mass is 240 g/mol. The predicted octanol–water partition coefficient (Wildman–Crippen LogP) is 0.558. The summed E-state index contributed by atoms with van der Waals surface area (Å²) in [7, 11) is 1.79. The van der Waals surface area contributed by atoms with E-state index in [0.717, 1.165) is 5.69 Å². The number of hydrogen-bond donors (Lipinski definition) is 2. The second-order valence-corrected chi connectivity index (χ2v) is 3.69. The maximum absolute atomic E-state index is 10.7. The van der Waals surface area contributed by atoms with Crippen LogP contribution in [0.1, 0.15) is 5.56 Å². The Balaban J connectivity index is 3.07. The molecule has 0 unspecified atom stereocenters. The van der Waals surface area contributed by atoms with Gasteiger partial charge < -0.3 is 15.1 Å². The van der Waals surface area contributed by atoms with Crippen molar-refractivity contribution in [3.8, 4) is 0 Å². The normalized spacial score (nSPS) is 10.3. The van der Waals surface area contributed by atoms with Gasteiger partial charge in [0.25, 0.3) is 5.69 Å². The molecule has 0 aliphatic carbocycles. The minimum atomic E-state index is -0.462. The molecule has 1 rings (SSSR count). The first-order chi connectivity index (χ1) is 8.10. The zero-order valence-electron chi connectivity index (χ0n) is 9.67. The molecule has 1 aromatic rings. The highest BCUT2D eigenvalue weighted by molar-refractivity contribution is 5.57. The van der Waals surface area contributed by atoms with Gasteiger partial charge in [0.05, 0.1) is 11.5 Å². The van der Waals surface area contributed by atoms with Crippen LogP contribution in [-0.4, -0.2) is 41.9 Å². The van der Waals surface area contributed by atoms with Crippen molar-refractivity contribution < 1.29 is 15.1 Å². The molecule has 0 aromatic heterocycles. The molecule has 0 aliphatic heterocycles. The molecule has 0 aliphatic rings. The number of likely N-dealkylation sites (N-methyl/N-ethyl adjacent to an activating group) is 1. The number of nitro benzene ring substituents is 1. The third-order valence-corrected chi connectivity index (χ3v) is 2.50. The fourth-order valence-electron chi connectivity index (χ4n) is 1.65. The standard InChI is InChI=1S/C11H16N2O4/c1-12(5-7-15)11-3-2-10(13(16)17)8-9(11)4-6-14/h2-3,8,14-15H,4-7H2,1H3. The Morgan fingerprint density at radius 3 is 2.59 bits per heavy atom. The van der Waals surface area contributed by atoms with Crippen molar-refractivity contribution in [1.82, 2.24) is 0 Å². The van der Waals surface area contributed by atoms with E-state index in [1.807, 2.05) is 0 Å². The van der Waals surface area contributed by atoms with Gasteiger partial charge in [-0.2, -0.15) is 0 Å². The molecule has 6 heteroatoms. The summed E-state index contributed by atoms with van der Waals surface area (Å²) in [6.07, 6.45) is 0.354. The van der Waals surface area contributed by atoms with Gasteiger partial charge >= 0.3 is 0 Å². The van der Waals surface area contributed by atoms with Gasteiger partial charge in [0.15, 0.2) is 0 Å². The Morgan fingerprint density at radius 1 is 1.35 bits per heavy atom. The third kappa shape index (κ3) is 3.40. The Labute approximate surface area is 99.3 Å². The average Bonchev–Trinajstić information content (AvgIpc) is 2.29. The predicted molar refractivity (Wildman–Crippen MR) is 64.2 cm³/mol. The van der Waals surface area contributed by atoms with Crippen LogP contribution in [0.2, 0.25) is 0 Å². The number of anilines is 1. The van der Waals surface area contributed by atoms with E-state index in [0.29, 0.717) is 18.5 Å². The van der Waals surface area contributed by atoms with Crippen LogP contribution in [0.25, 0.3) is 0 Å². The number of rotatable bonds is 6. The fourth-order valence-corrected chi connectivity index (χ4v) is 1.65. The second kappa shape index (κ2) is 6.17. The van der Waals surface area contributed by atoms with Crippen LogP contribution in [0.3, 0.4) is 0 Å². The molecule has 0 heterocycles. The van der Waals surface area contributed by atoms with Gasteiger partial charge in [-0.15, -0.1) is 0 Å². The van der Waals surface area contributed by atoms with Gasteiger partial charge in [-0.25, -0.2) is 0 Å². The van der Waals surface area contributed by atoms with E-state index >= 15 is 0 Å². The van der Waals surface area contributed by atoms with E-state index in [4.69, 9.17) is 10.2 Å². The van der Waals surface area contributed by atoms with Crippen molar-refractivity contribution in [2.24, 2.45) is 0 Å². The molecule has 0 saturated heterocycles. The second-order valence-electron chi connectivity index (χ2n) is 3.69. The molecule has 6 nitrogen and oxygen atoms in total. The van der Waals surface area contributed by atoms with E-state index in [1.54, 1.807) is 18.0 Å². The molecule has 0 spiro atoms. The number of hydrogen-bond acceptors (Lipinski definition) is 5. The molecule has 0 radical (unpaired) electrons. The minimum Gasteiger partial charge on any atom is -0.396 e. The Bertz CT molecular complexity index is 395. The van der Waals surface area contributed by atoms with E-state index < -0.39 is 4.92 Å². The van der Waals surface area contributed by atoms with Crippen molar-refractivity contribution >= 4 is 11.4 Å². The molecule has 0 saturated carbocycles. The summed E-state index contributed by atoms with van der Waals surface area (Å²) in [5.41, 5.74) is 1.51. The van der Waals surface area contributed by atoms with E-state index in [-0.39, 0.29) is 18.9 Å². The first kappa shape index (κ1) is 13.4. The number of benzene rings is 1. The Kier molecular flexibility index (Phi) is 4.86. The summed E-state index contributed by atoms with van der Waals surface area (Å²) in [5, 5.41) is 28.5. The lowest BCUT2D eigenvalue weighted by Crippen LogP contribution is -2.22. The summed E-state index contributed by atoms with van der Waals surface area (Å²) in [6.45, 7) is 0.378. The van der Waals surface area contributed by atoms with Gasteiger partial charge in [-0.3, -0.25) is 10.1 Å². The fraction of sp³-hybridized carbons (Fsp3) is 0.455. The van der Waals surface area contributed by atoms with Crippen LogP contribution in [0.5, 0.6) is 0 Å². The molecular formula is C11H16N2O4. The van der Waals surface area contributed by atoms with Crippen LogP contribution in [-0.2, 0) is 6.42 Å². The molecule has 0 atom stereocenters. The van der Waals surface area contributed by atoms with E-state index in [9.17, 15) is 10.1 Å². The molecular weight excluding hydrogens is 224 g/mol. The van der Waals surface area contributed by atoms with Crippen molar-refractivity contribution in [3.05, 3.63) is 33.9 Å². The van der Waals surface area contributed by atoms with Crippen LogP contribution in [0.4, 0.5) is 11.4 Å². The molecule has 0 bridgehead atoms. The van der Waals surface area contributed by atoms with Crippen molar-refractivity contribution in [3.63, 3.8) is 0 Å². The number of nitrogens with zero attached hydrogens (tertiary/aromatic N) is 2. The summed E-state index contributed by atoms with van der Waals surface area (Å²) < 4.78 is 0. The van der Waals surface area contributed by atoms with E-state index in [2.05, 4.69) is 0 Å². The van der Waals surface area contributed by atoms with Crippen molar-refractivity contribution in [2.45, 2.75) is 6.42 Å². The van der Waals surface area contributed by atoms with Gasteiger partial charge in [-0.1, -0.05) is 0 Å². The largest absolute Gasteiger partial charge is 0.396 e. The number of nitro groups is 1. The summed E-state index contributed by atoms with van der Waals surface area (Å²) in [6, 6.07) is 4.52. The molecule has 17 heavy (non-hydrogen) atoms. The van der Waals surface area contributed by atoms with E-state index in [1.165, 1.54) is 12.1 Å². The Morgan fingerprint density at radius 2 is 2.06 bits per heavy atom. The van der Waals surface area contributed by atoms with Crippen molar-refractivity contribution in [1.29, 1.82) is 0 Å². The van der Waals surface area contributed by atoms with Crippen LogP contribution in [0.15, 0.2) is 18.2 Å². The summed E-state index contributed by atoms with van der Waals surface area (Å²) >= 11 is 0. The first-order valence-corrected chi connectivity index (χ1v) is 5.30. The van der Waals surface area contributed by atoms with Crippen molar-refractivity contribution in [2.75, 3.05) is 31.7 Å². The SMILES string of the molecule is CN(CCO)c1ccc([N+](=O)[O-])cc1CCO. The number of aliphatic hydroxyl groups is 2. The van der Waals surface area contributed by atoms with Gasteiger partial charge in [0, 0.05) is 38.0 Å². The molecule has 0 fully saturated rings. The van der Waals surface area contributed by atoms with Gasteiger partial charge in [-0.05, 0) is 18.1 Å². The Hall–Kier alpha value is -1.66. The first-order valence-electron chi connectivity index (χ1n) is 5.30. The van der Waals surface area contributed by atoms with Crippen LogP contribution >= 0.6 is 0 Å². The summed E-state index contributed by atoms with van der Waals surface area (Å²) in [5.74, 6) is 0. The highest BCUT2D eigenvalue weighted by Gasteiger charge is 2.12. The molecule has 0 amide bonds. The zero-order chi connectivity index (χ0) is 12.8. The highest BCUT2D eigenvalue weighted by Crippen LogP contribution is 2.25. The maximum atomic E-state index is 10.7. The highest BCUT2D eigenvalue weighted by atomic mass is 16.6. The molecule has 94 valence electrons. The lowest BCUT2D eigenvalue weighted by atomic mass is 10.1. The van der Waals surface area contributed by atoms with Gasteiger partial charge in [0.1, 0.15) is 0 Å². The topological polar surface area (TPSA) is 86.8 Å². The molecule has 1 aromatic carbocycles. The number of non-ortho nitro benzene ring substituents is 1. The molecule has 2 N–H and O–H groups in total. The van der Waals surface area contributed by atoms with Crippen LogP contribution in [0, 0.1) is 10.1 Å². The number of aliphatic hydroxyl groups excluding tert-OH is 2.